The summed E-state index contributed by atoms with van der Waals surface area (Å²) >= 11 is 6.20. The highest BCUT2D eigenvalue weighted by atomic mass is 35.5. The number of benzene rings is 2. The van der Waals surface area contributed by atoms with Crippen LogP contribution in [0.15, 0.2) is 42.5 Å². The zero-order chi connectivity index (χ0) is 17.2. The topological polar surface area (TPSA) is 46.0 Å². The Hall–Kier alpha value is -1.95. The summed E-state index contributed by atoms with van der Waals surface area (Å²) in [6.45, 7) is 6.77. The van der Waals surface area contributed by atoms with Crippen LogP contribution < -0.4 is 5.32 Å². The predicted molar refractivity (Wildman–Crippen MR) is 101 cm³/mol. The second-order valence-electron chi connectivity index (χ2n) is 6.47. The van der Waals surface area contributed by atoms with E-state index in [1.165, 1.54) is 11.1 Å². The molecule has 6 heteroatoms. The molecule has 1 N–H and O–H groups in total. The van der Waals surface area contributed by atoms with Gasteiger partial charge in [-0.15, -0.1) is 5.10 Å². The molecule has 0 amide bonds. The summed E-state index contributed by atoms with van der Waals surface area (Å²) in [5.74, 6) is 0. The van der Waals surface area contributed by atoms with Crippen molar-refractivity contribution in [2.45, 2.75) is 26.1 Å². The number of rotatable bonds is 4. The van der Waals surface area contributed by atoms with Crippen LogP contribution in [-0.4, -0.2) is 39.5 Å². The third-order valence-corrected chi connectivity index (χ3v) is 5.09. The molecule has 1 aromatic heterocycles. The lowest BCUT2D eigenvalue weighted by Crippen LogP contribution is -2.45. The summed E-state index contributed by atoms with van der Waals surface area (Å²) in [7, 11) is 0. The molecule has 0 bridgehead atoms. The minimum Gasteiger partial charge on any atom is -0.314 e. The molecule has 1 atom stereocenters. The molecule has 4 rings (SSSR count). The third-order valence-electron chi connectivity index (χ3n) is 4.85. The van der Waals surface area contributed by atoms with E-state index in [1.54, 1.807) is 0 Å². The number of fused-ring (bicyclic) bond motifs is 1. The van der Waals surface area contributed by atoms with E-state index in [2.05, 4.69) is 57.8 Å². The van der Waals surface area contributed by atoms with E-state index in [0.717, 1.165) is 48.8 Å². The Labute approximate surface area is 152 Å². The van der Waals surface area contributed by atoms with Crippen molar-refractivity contribution in [1.82, 2.24) is 25.2 Å². The van der Waals surface area contributed by atoms with Crippen molar-refractivity contribution in [3.05, 3.63) is 58.6 Å². The number of nitrogens with zero attached hydrogens (tertiary/aromatic N) is 4. The monoisotopic (exact) mass is 355 g/mol. The first kappa shape index (κ1) is 16.5. The van der Waals surface area contributed by atoms with Gasteiger partial charge < -0.3 is 5.32 Å². The highest BCUT2D eigenvalue weighted by molar-refractivity contribution is 6.30. The van der Waals surface area contributed by atoms with Gasteiger partial charge in [0.2, 0.25) is 0 Å². The SMILES string of the molecule is CCn1nnc2cc(CN3CCNCC3c3cccc(Cl)c3)ccc21. The fourth-order valence-electron chi connectivity index (χ4n) is 3.56. The predicted octanol–water partition coefficient (Wildman–Crippen LogP) is 3.25. The molecular formula is C19H22ClN5. The van der Waals surface area contributed by atoms with Crippen LogP contribution in [-0.2, 0) is 13.1 Å². The number of piperazine rings is 1. The normalized spacial score (nSPS) is 18.7. The lowest BCUT2D eigenvalue weighted by molar-refractivity contribution is 0.154. The number of nitrogens with one attached hydrogen (secondary N) is 1. The molecule has 1 fully saturated rings. The maximum absolute atomic E-state index is 6.20. The third kappa shape index (κ3) is 3.40. The smallest absolute Gasteiger partial charge is 0.113 e. The first-order valence-electron chi connectivity index (χ1n) is 8.77. The van der Waals surface area contributed by atoms with E-state index in [0.29, 0.717) is 6.04 Å². The quantitative estimate of drug-likeness (QED) is 0.780. The lowest BCUT2D eigenvalue weighted by atomic mass is 10.0. The van der Waals surface area contributed by atoms with Crippen molar-refractivity contribution in [1.29, 1.82) is 0 Å². The van der Waals surface area contributed by atoms with Crippen molar-refractivity contribution in [2.75, 3.05) is 19.6 Å². The average Bonchev–Trinajstić information content (AvgIpc) is 3.04. The molecule has 0 aliphatic carbocycles. The first-order chi connectivity index (χ1) is 12.2. The van der Waals surface area contributed by atoms with Gasteiger partial charge in [0.25, 0.3) is 0 Å². The first-order valence-corrected chi connectivity index (χ1v) is 9.15. The minimum atomic E-state index is 0.328. The van der Waals surface area contributed by atoms with E-state index >= 15 is 0 Å². The molecule has 5 nitrogen and oxygen atoms in total. The maximum Gasteiger partial charge on any atom is 0.113 e. The molecule has 1 aliphatic heterocycles. The molecule has 3 aromatic rings. The molecule has 2 aromatic carbocycles. The van der Waals surface area contributed by atoms with Gasteiger partial charge in [-0.2, -0.15) is 0 Å². The van der Waals surface area contributed by atoms with Gasteiger partial charge in [-0.1, -0.05) is 35.0 Å². The van der Waals surface area contributed by atoms with Crippen LogP contribution in [0.25, 0.3) is 11.0 Å². The van der Waals surface area contributed by atoms with Crippen molar-refractivity contribution in [2.24, 2.45) is 0 Å². The number of hydrogen-bond donors (Lipinski definition) is 1. The number of aryl methyl sites for hydroxylation is 1. The molecule has 0 spiro atoms. The summed E-state index contributed by atoms with van der Waals surface area (Å²) < 4.78 is 1.93. The van der Waals surface area contributed by atoms with Gasteiger partial charge in [0.05, 0.1) is 5.52 Å². The number of aromatic nitrogens is 3. The standard InChI is InChI=1S/C19H22ClN5/c1-2-25-18-7-6-14(10-17(18)22-23-25)13-24-9-8-21-12-19(24)15-4-3-5-16(20)11-15/h3-7,10-11,19,21H,2,8-9,12-13H2,1H3. The summed E-state index contributed by atoms with van der Waals surface area (Å²) in [6.07, 6.45) is 0. The number of halogens is 1. The highest BCUT2D eigenvalue weighted by Crippen LogP contribution is 2.26. The van der Waals surface area contributed by atoms with Crippen molar-refractivity contribution in [3.63, 3.8) is 0 Å². The Morgan fingerprint density at radius 3 is 3.00 bits per heavy atom. The van der Waals surface area contributed by atoms with Crippen molar-refractivity contribution < 1.29 is 0 Å². The van der Waals surface area contributed by atoms with Gasteiger partial charge in [-0.3, -0.25) is 4.90 Å². The largest absolute Gasteiger partial charge is 0.314 e. The summed E-state index contributed by atoms with van der Waals surface area (Å²) in [6, 6.07) is 15.0. The Balaban J connectivity index is 1.59. The molecule has 2 heterocycles. The molecule has 1 unspecified atom stereocenters. The Kier molecular flexibility index (Phi) is 4.70. The zero-order valence-electron chi connectivity index (χ0n) is 14.3. The highest BCUT2D eigenvalue weighted by Gasteiger charge is 2.24. The van der Waals surface area contributed by atoms with Crippen LogP contribution in [0.5, 0.6) is 0 Å². The van der Waals surface area contributed by atoms with Gasteiger partial charge in [0, 0.05) is 43.8 Å². The van der Waals surface area contributed by atoms with E-state index < -0.39 is 0 Å². The van der Waals surface area contributed by atoms with E-state index in [9.17, 15) is 0 Å². The lowest BCUT2D eigenvalue weighted by Gasteiger charge is -2.36. The van der Waals surface area contributed by atoms with Gasteiger partial charge in [0.15, 0.2) is 0 Å². The zero-order valence-corrected chi connectivity index (χ0v) is 15.1. The molecule has 0 radical (unpaired) electrons. The van der Waals surface area contributed by atoms with Gasteiger partial charge in [-0.05, 0) is 42.3 Å². The maximum atomic E-state index is 6.20. The summed E-state index contributed by atoms with van der Waals surface area (Å²) in [4.78, 5) is 2.51. The Morgan fingerprint density at radius 2 is 2.16 bits per heavy atom. The summed E-state index contributed by atoms with van der Waals surface area (Å²) in [5.41, 5.74) is 4.59. The second-order valence-corrected chi connectivity index (χ2v) is 6.91. The molecule has 1 aliphatic rings. The van der Waals surface area contributed by atoms with Gasteiger partial charge in [-0.25, -0.2) is 4.68 Å². The average molecular weight is 356 g/mol. The van der Waals surface area contributed by atoms with E-state index in [4.69, 9.17) is 11.6 Å². The van der Waals surface area contributed by atoms with Crippen LogP contribution in [0.2, 0.25) is 5.02 Å². The van der Waals surface area contributed by atoms with Crippen LogP contribution >= 0.6 is 11.6 Å². The van der Waals surface area contributed by atoms with Crippen LogP contribution in [0.4, 0.5) is 0 Å². The summed E-state index contributed by atoms with van der Waals surface area (Å²) in [5, 5.41) is 12.8. The molecule has 130 valence electrons. The second kappa shape index (κ2) is 7.12. The van der Waals surface area contributed by atoms with Crippen molar-refractivity contribution in [3.8, 4) is 0 Å². The van der Waals surface area contributed by atoms with Crippen LogP contribution in [0.1, 0.15) is 24.1 Å². The van der Waals surface area contributed by atoms with Crippen LogP contribution in [0, 0.1) is 0 Å². The van der Waals surface area contributed by atoms with Crippen LogP contribution in [0.3, 0.4) is 0 Å². The van der Waals surface area contributed by atoms with E-state index in [-0.39, 0.29) is 0 Å². The molecule has 25 heavy (non-hydrogen) atoms. The van der Waals surface area contributed by atoms with Gasteiger partial charge in [0.1, 0.15) is 5.52 Å². The Bertz CT molecular complexity index is 875. The fourth-order valence-corrected chi connectivity index (χ4v) is 3.76. The molecule has 0 saturated carbocycles. The molecular weight excluding hydrogens is 334 g/mol. The minimum absolute atomic E-state index is 0.328. The Morgan fingerprint density at radius 1 is 1.24 bits per heavy atom. The fraction of sp³-hybridized carbons (Fsp3) is 0.368. The molecule has 1 saturated heterocycles. The van der Waals surface area contributed by atoms with Gasteiger partial charge >= 0.3 is 0 Å². The number of hydrogen-bond acceptors (Lipinski definition) is 4. The van der Waals surface area contributed by atoms with Crippen molar-refractivity contribution >= 4 is 22.6 Å². The van der Waals surface area contributed by atoms with E-state index in [1.807, 2.05) is 16.8 Å².